The summed E-state index contributed by atoms with van der Waals surface area (Å²) in [5.74, 6) is -0.341. The summed E-state index contributed by atoms with van der Waals surface area (Å²) in [5, 5.41) is 3.44. The van der Waals surface area contributed by atoms with Crippen LogP contribution in [-0.4, -0.2) is 28.7 Å². The van der Waals surface area contributed by atoms with Crippen molar-refractivity contribution in [2.24, 2.45) is 11.7 Å². The van der Waals surface area contributed by atoms with Crippen LogP contribution < -0.4 is 15.8 Å². The van der Waals surface area contributed by atoms with Gasteiger partial charge in [0, 0.05) is 34.3 Å². The van der Waals surface area contributed by atoms with Crippen LogP contribution in [-0.2, 0) is 22.5 Å². The van der Waals surface area contributed by atoms with Gasteiger partial charge < -0.3 is 20.5 Å². The summed E-state index contributed by atoms with van der Waals surface area (Å²) in [6.45, 7) is 11.1. The third-order valence-corrected chi connectivity index (χ3v) is 5.41. The number of hydrogen-bond donors (Lipinski definition) is 2. The Morgan fingerprint density at radius 3 is 2.42 bits per heavy atom. The molecule has 0 aliphatic carbocycles. The van der Waals surface area contributed by atoms with E-state index in [1.165, 1.54) is 6.07 Å². The van der Waals surface area contributed by atoms with E-state index < -0.39 is 29.5 Å². The zero-order valence-electron chi connectivity index (χ0n) is 21.6. The minimum atomic E-state index is -0.846. The van der Waals surface area contributed by atoms with Crippen LogP contribution in [0.4, 0.5) is 9.18 Å². The van der Waals surface area contributed by atoms with Crippen molar-refractivity contribution < 1.29 is 23.5 Å². The van der Waals surface area contributed by atoms with Crippen LogP contribution in [0.15, 0.2) is 42.5 Å². The summed E-state index contributed by atoms with van der Waals surface area (Å²) in [5.41, 5.74) is 7.75. The molecule has 3 rings (SSSR count). The highest BCUT2D eigenvalue weighted by Gasteiger charge is 2.23. The number of aromatic nitrogens is 1. The lowest BCUT2D eigenvalue weighted by Gasteiger charge is -2.22. The predicted molar refractivity (Wildman–Crippen MR) is 138 cm³/mol. The number of rotatable bonds is 8. The first-order valence-electron chi connectivity index (χ1n) is 12.0. The van der Waals surface area contributed by atoms with Gasteiger partial charge in [0.15, 0.2) is 6.10 Å². The van der Waals surface area contributed by atoms with Crippen molar-refractivity contribution in [3.63, 3.8) is 0 Å². The summed E-state index contributed by atoms with van der Waals surface area (Å²) < 4.78 is 26.3. The van der Waals surface area contributed by atoms with Crippen molar-refractivity contribution in [1.29, 1.82) is 0 Å². The van der Waals surface area contributed by atoms with E-state index in [9.17, 15) is 9.59 Å². The molecule has 8 heteroatoms. The molecule has 7 nitrogen and oxygen atoms in total. The molecule has 1 unspecified atom stereocenters. The van der Waals surface area contributed by atoms with Crippen LogP contribution in [0.25, 0.3) is 22.0 Å². The minimum Gasteiger partial charge on any atom is -0.481 e. The number of carbonyl (C=O) groups is 2. The number of alkyl carbamates (subject to hydrolysis) is 1. The van der Waals surface area contributed by atoms with Crippen molar-refractivity contribution in [1.82, 2.24) is 10.3 Å². The number of nitrogens with one attached hydrogen (secondary N) is 1. The van der Waals surface area contributed by atoms with E-state index in [0.717, 1.165) is 5.69 Å². The Morgan fingerprint density at radius 1 is 1.11 bits per heavy atom. The first-order chi connectivity index (χ1) is 16.9. The molecule has 2 amide bonds. The third kappa shape index (κ3) is 6.71. The molecular formula is C28H34FN3O4. The molecule has 0 fully saturated rings. The maximum Gasteiger partial charge on any atom is 0.407 e. The van der Waals surface area contributed by atoms with Gasteiger partial charge in [-0.2, -0.15) is 0 Å². The Labute approximate surface area is 211 Å². The van der Waals surface area contributed by atoms with Crippen LogP contribution in [0.5, 0.6) is 5.75 Å². The van der Waals surface area contributed by atoms with Gasteiger partial charge in [-0.3, -0.25) is 9.78 Å². The van der Waals surface area contributed by atoms with E-state index in [-0.39, 0.29) is 12.5 Å². The normalized spacial score (nSPS) is 12.4. The molecule has 0 aliphatic heterocycles. The van der Waals surface area contributed by atoms with Crippen LogP contribution in [0.2, 0.25) is 0 Å². The average Bonchev–Trinajstić information content (AvgIpc) is 2.76. The highest BCUT2D eigenvalue weighted by molar-refractivity contribution is 5.98. The van der Waals surface area contributed by atoms with Gasteiger partial charge in [-0.1, -0.05) is 32.0 Å². The second-order valence-electron chi connectivity index (χ2n) is 10.2. The SMILES string of the molecule is CC(C)Cc1nc2ccc(OC(C)C(N)=O)cc2c(-c2ccccc2F)c1CNC(=O)OC(C)(C)C. The van der Waals surface area contributed by atoms with E-state index in [4.69, 9.17) is 20.2 Å². The Bertz CT molecular complexity index is 1270. The lowest BCUT2D eigenvalue weighted by Crippen LogP contribution is -2.32. The maximum absolute atomic E-state index is 15.2. The molecule has 2 aromatic carbocycles. The van der Waals surface area contributed by atoms with E-state index in [1.807, 2.05) is 0 Å². The molecule has 0 saturated heterocycles. The van der Waals surface area contributed by atoms with Crippen molar-refractivity contribution in [2.75, 3.05) is 0 Å². The fraction of sp³-hybridized carbons (Fsp3) is 0.393. The van der Waals surface area contributed by atoms with Crippen molar-refractivity contribution in [3.05, 3.63) is 59.5 Å². The van der Waals surface area contributed by atoms with Gasteiger partial charge in [-0.15, -0.1) is 0 Å². The number of benzene rings is 2. The quantitative estimate of drug-likeness (QED) is 0.428. The molecule has 3 N–H and O–H groups in total. The van der Waals surface area contributed by atoms with Gasteiger partial charge in [-0.05, 0) is 64.3 Å². The molecule has 0 spiro atoms. The molecule has 0 aliphatic rings. The number of ether oxygens (including phenoxy) is 2. The van der Waals surface area contributed by atoms with Crippen molar-refractivity contribution in [3.8, 4) is 16.9 Å². The molecule has 1 aromatic heterocycles. The highest BCUT2D eigenvalue weighted by atomic mass is 19.1. The van der Waals surface area contributed by atoms with Gasteiger partial charge in [0.1, 0.15) is 17.2 Å². The number of carbonyl (C=O) groups excluding carboxylic acids is 2. The number of pyridine rings is 1. The first kappa shape index (κ1) is 26.9. The fourth-order valence-corrected chi connectivity index (χ4v) is 3.86. The molecule has 1 heterocycles. The van der Waals surface area contributed by atoms with Gasteiger partial charge >= 0.3 is 6.09 Å². The topological polar surface area (TPSA) is 104 Å². The lowest BCUT2D eigenvalue weighted by molar-refractivity contribution is -0.123. The van der Waals surface area contributed by atoms with Crippen LogP contribution in [0.1, 0.15) is 52.8 Å². The van der Waals surface area contributed by atoms with E-state index >= 15 is 4.39 Å². The maximum atomic E-state index is 15.2. The Hall–Kier alpha value is -3.68. The highest BCUT2D eigenvalue weighted by Crippen LogP contribution is 2.37. The van der Waals surface area contributed by atoms with Gasteiger partial charge in [0.2, 0.25) is 0 Å². The smallest absolute Gasteiger partial charge is 0.407 e. The number of hydrogen-bond acceptors (Lipinski definition) is 5. The molecule has 0 saturated carbocycles. The van der Waals surface area contributed by atoms with Crippen molar-refractivity contribution in [2.45, 2.75) is 66.2 Å². The summed E-state index contributed by atoms with van der Waals surface area (Å²) in [6, 6.07) is 11.7. The average molecular weight is 496 g/mol. The Morgan fingerprint density at radius 2 is 1.81 bits per heavy atom. The molecule has 1 atom stereocenters. The van der Waals surface area contributed by atoms with E-state index in [1.54, 1.807) is 64.1 Å². The summed E-state index contributed by atoms with van der Waals surface area (Å²) in [6.07, 6.45) is -0.801. The number of amides is 2. The van der Waals surface area contributed by atoms with Crippen molar-refractivity contribution >= 4 is 22.9 Å². The zero-order valence-corrected chi connectivity index (χ0v) is 21.6. The molecular weight excluding hydrogens is 461 g/mol. The van der Waals surface area contributed by atoms with E-state index in [0.29, 0.717) is 39.8 Å². The standard InChI is InChI=1S/C28H34FN3O4/c1-16(2)13-24-21(15-31-27(34)36-28(4,5)6)25(19-9-7-8-10-22(19)29)20-14-18(11-12-23(20)32-24)35-17(3)26(30)33/h7-12,14,16-17H,13,15H2,1-6H3,(H2,30,33)(H,31,34). The van der Waals surface area contributed by atoms with Crippen LogP contribution >= 0.6 is 0 Å². The summed E-state index contributed by atoms with van der Waals surface area (Å²) >= 11 is 0. The number of primary amides is 1. The summed E-state index contributed by atoms with van der Waals surface area (Å²) in [7, 11) is 0. The summed E-state index contributed by atoms with van der Waals surface area (Å²) in [4.78, 5) is 28.9. The largest absolute Gasteiger partial charge is 0.481 e. The number of fused-ring (bicyclic) bond motifs is 1. The minimum absolute atomic E-state index is 0.0896. The Balaban J connectivity index is 2.24. The lowest BCUT2D eigenvalue weighted by atomic mass is 9.91. The van der Waals surface area contributed by atoms with Gasteiger partial charge in [0.25, 0.3) is 5.91 Å². The predicted octanol–water partition coefficient (Wildman–Crippen LogP) is 5.52. The molecule has 0 radical (unpaired) electrons. The zero-order chi connectivity index (χ0) is 26.6. The van der Waals surface area contributed by atoms with Gasteiger partial charge in [0.05, 0.1) is 5.52 Å². The Kier molecular flexibility index (Phi) is 8.17. The monoisotopic (exact) mass is 495 g/mol. The molecule has 192 valence electrons. The van der Waals surface area contributed by atoms with E-state index in [2.05, 4.69) is 19.2 Å². The molecule has 0 bridgehead atoms. The first-order valence-corrected chi connectivity index (χ1v) is 12.0. The molecule has 3 aromatic rings. The number of nitrogens with zero attached hydrogens (tertiary/aromatic N) is 1. The molecule has 36 heavy (non-hydrogen) atoms. The fourth-order valence-electron chi connectivity index (χ4n) is 3.86. The van der Waals surface area contributed by atoms with Gasteiger partial charge in [-0.25, -0.2) is 9.18 Å². The number of halogens is 1. The number of nitrogens with two attached hydrogens (primary N) is 1. The van der Waals surface area contributed by atoms with Crippen LogP contribution in [0, 0.1) is 11.7 Å². The van der Waals surface area contributed by atoms with Crippen LogP contribution in [0.3, 0.4) is 0 Å². The second-order valence-corrected chi connectivity index (χ2v) is 10.2. The second kappa shape index (κ2) is 10.9. The third-order valence-electron chi connectivity index (χ3n) is 5.41.